The van der Waals surface area contributed by atoms with E-state index < -0.39 is 0 Å². The second kappa shape index (κ2) is 9.73. The van der Waals surface area contributed by atoms with Crippen LogP contribution < -0.4 is 10.2 Å². The highest BCUT2D eigenvalue weighted by atomic mass is 32.1. The first kappa shape index (κ1) is 20.4. The number of amides is 1. The van der Waals surface area contributed by atoms with Crippen molar-refractivity contribution in [3.8, 4) is 0 Å². The molecule has 1 N–H and O–H groups in total. The molecule has 1 aliphatic rings. The maximum Gasteiger partial charge on any atom is 0.244 e. The minimum absolute atomic E-state index is 0.0335. The summed E-state index contributed by atoms with van der Waals surface area (Å²) in [7, 11) is 0. The summed E-state index contributed by atoms with van der Waals surface area (Å²) in [5, 5.41) is 6.98. The van der Waals surface area contributed by atoms with Crippen LogP contribution in [0.1, 0.15) is 17.4 Å². The second-order valence-electron chi connectivity index (χ2n) is 7.17. The molecule has 7 heteroatoms. The molecule has 4 rings (SSSR count). The lowest BCUT2D eigenvalue weighted by atomic mass is 10.1. The van der Waals surface area contributed by atoms with E-state index in [-0.39, 0.29) is 17.8 Å². The Morgan fingerprint density at radius 1 is 1.17 bits per heavy atom. The quantitative estimate of drug-likeness (QED) is 0.577. The lowest BCUT2D eigenvalue weighted by Crippen LogP contribution is -2.49. The zero-order valence-corrected chi connectivity index (χ0v) is 17.4. The third kappa shape index (κ3) is 5.17. The Morgan fingerprint density at radius 3 is 2.63 bits per heavy atom. The predicted molar refractivity (Wildman–Crippen MR) is 118 cm³/mol. The number of halogens is 1. The van der Waals surface area contributed by atoms with E-state index in [2.05, 4.69) is 15.1 Å². The van der Waals surface area contributed by atoms with Gasteiger partial charge in [-0.1, -0.05) is 0 Å². The third-order valence-electron chi connectivity index (χ3n) is 5.26. The Labute approximate surface area is 179 Å². The number of nitrogens with one attached hydrogen (secondary N) is 1. The lowest BCUT2D eigenvalue weighted by Gasteiger charge is -2.39. The van der Waals surface area contributed by atoms with Crippen molar-refractivity contribution in [3.05, 3.63) is 82.7 Å². The molecule has 0 aliphatic carbocycles. The number of hydrogen-bond acceptors (Lipinski definition) is 5. The zero-order chi connectivity index (χ0) is 20.8. The molecule has 1 amide bonds. The van der Waals surface area contributed by atoms with E-state index in [9.17, 15) is 9.18 Å². The smallest absolute Gasteiger partial charge is 0.244 e. The SMILES string of the molecule is O=C(/C=C/c1ccsc1)NCC(c1ccco1)N1CCN(c2ccc(F)cc2)CC1. The van der Waals surface area contributed by atoms with Gasteiger partial charge in [-0.05, 0) is 64.9 Å². The van der Waals surface area contributed by atoms with Crippen LogP contribution in [-0.4, -0.2) is 43.5 Å². The minimum Gasteiger partial charge on any atom is -0.468 e. The first-order valence-corrected chi connectivity index (χ1v) is 10.9. The second-order valence-corrected chi connectivity index (χ2v) is 7.95. The summed E-state index contributed by atoms with van der Waals surface area (Å²) in [6.07, 6.45) is 5.04. The Hall–Kier alpha value is -2.90. The molecule has 1 unspecified atom stereocenters. The third-order valence-corrected chi connectivity index (χ3v) is 5.96. The number of piperazine rings is 1. The fraction of sp³-hybridized carbons (Fsp3) is 0.261. The molecule has 3 heterocycles. The molecule has 3 aromatic rings. The molecular formula is C23H24FN3O2S. The Balaban J connectivity index is 1.36. The van der Waals surface area contributed by atoms with E-state index in [0.29, 0.717) is 6.54 Å². The van der Waals surface area contributed by atoms with Crippen LogP contribution in [0.4, 0.5) is 10.1 Å². The van der Waals surface area contributed by atoms with Gasteiger partial charge in [0.05, 0.1) is 12.3 Å². The molecule has 2 aromatic heterocycles. The highest BCUT2D eigenvalue weighted by Crippen LogP contribution is 2.24. The average molecular weight is 426 g/mol. The van der Waals surface area contributed by atoms with Crippen LogP contribution in [0.15, 0.2) is 70.0 Å². The minimum atomic E-state index is -0.223. The van der Waals surface area contributed by atoms with Crippen LogP contribution in [0, 0.1) is 5.82 Å². The number of hydrogen-bond donors (Lipinski definition) is 1. The number of nitrogens with zero attached hydrogens (tertiary/aromatic N) is 2. The van der Waals surface area contributed by atoms with Crippen LogP contribution >= 0.6 is 11.3 Å². The van der Waals surface area contributed by atoms with Gasteiger partial charge < -0.3 is 14.6 Å². The van der Waals surface area contributed by atoms with Crippen molar-refractivity contribution in [2.24, 2.45) is 0 Å². The highest BCUT2D eigenvalue weighted by molar-refractivity contribution is 7.08. The van der Waals surface area contributed by atoms with Gasteiger partial charge in [0.1, 0.15) is 11.6 Å². The van der Waals surface area contributed by atoms with Gasteiger partial charge in [-0.15, -0.1) is 0 Å². The molecule has 0 saturated carbocycles. The number of benzene rings is 1. The largest absolute Gasteiger partial charge is 0.468 e. The number of carbonyl (C=O) groups is 1. The summed E-state index contributed by atoms with van der Waals surface area (Å²) in [5.41, 5.74) is 2.05. The van der Waals surface area contributed by atoms with Crippen LogP contribution in [0.3, 0.4) is 0 Å². The van der Waals surface area contributed by atoms with Gasteiger partial charge in [0.2, 0.25) is 5.91 Å². The normalized spacial score (nSPS) is 16.1. The first-order valence-electron chi connectivity index (χ1n) is 9.95. The fourth-order valence-electron chi connectivity index (χ4n) is 3.63. The van der Waals surface area contributed by atoms with Gasteiger partial charge in [-0.25, -0.2) is 4.39 Å². The summed E-state index contributed by atoms with van der Waals surface area (Å²) in [4.78, 5) is 16.8. The van der Waals surface area contributed by atoms with Crippen LogP contribution in [0.2, 0.25) is 0 Å². The van der Waals surface area contributed by atoms with Crippen molar-refractivity contribution in [2.45, 2.75) is 6.04 Å². The van der Waals surface area contributed by atoms with Gasteiger partial charge >= 0.3 is 0 Å². The topological polar surface area (TPSA) is 48.7 Å². The Morgan fingerprint density at radius 2 is 1.97 bits per heavy atom. The molecular weight excluding hydrogens is 401 g/mol. The average Bonchev–Trinajstić information content (AvgIpc) is 3.48. The summed E-state index contributed by atoms with van der Waals surface area (Å²) in [6.45, 7) is 3.77. The lowest BCUT2D eigenvalue weighted by molar-refractivity contribution is -0.116. The molecule has 0 radical (unpaired) electrons. The van der Waals surface area contributed by atoms with Crippen molar-refractivity contribution in [1.29, 1.82) is 0 Å². The Bertz CT molecular complexity index is 947. The number of carbonyl (C=O) groups excluding carboxylic acids is 1. The van der Waals surface area contributed by atoms with Gasteiger partial charge in [0.15, 0.2) is 0 Å². The maximum atomic E-state index is 13.2. The van der Waals surface area contributed by atoms with Crippen molar-refractivity contribution >= 4 is 29.0 Å². The van der Waals surface area contributed by atoms with Gasteiger partial charge in [-0.2, -0.15) is 11.3 Å². The predicted octanol–water partition coefficient (Wildman–Crippen LogP) is 4.17. The van der Waals surface area contributed by atoms with Crippen LogP contribution in [-0.2, 0) is 4.79 Å². The van der Waals surface area contributed by atoms with E-state index in [1.807, 2.05) is 47.2 Å². The standard InChI is InChI=1S/C23H24FN3O2S/c24-19-4-6-20(7-5-19)26-10-12-27(13-11-26)21(22-2-1-14-29-22)16-25-23(28)8-3-18-9-15-30-17-18/h1-9,14-15,17,21H,10-13,16H2,(H,25,28)/b8-3+. The summed E-state index contributed by atoms with van der Waals surface area (Å²) >= 11 is 1.60. The number of rotatable bonds is 7. The van der Waals surface area contributed by atoms with E-state index in [0.717, 1.165) is 43.2 Å². The molecule has 0 spiro atoms. The first-order chi connectivity index (χ1) is 14.7. The van der Waals surface area contributed by atoms with Gasteiger partial charge in [-0.3, -0.25) is 9.69 Å². The van der Waals surface area contributed by atoms with E-state index in [4.69, 9.17) is 4.42 Å². The van der Waals surface area contributed by atoms with Gasteiger partial charge in [0, 0.05) is 44.5 Å². The maximum absolute atomic E-state index is 13.2. The number of furan rings is 1. The van der Waals surface area contributed by atoms with Crippen molar-refractivity contribution in [3.63, 3.8) is 0 Å². The fourth-order valence-corrected chi connectivity index (χ4v) is 4.26. The molecule has 30 heavy (non-hydrogen) atoms. The summed E-state index contributed by atoms with van der Waals surface area (Å²) in [5.74, 6) is 0.495. The molecule has 5 nitrogen and oxygen atoms in total. The van der Waals surface area contributed by atoms with Crippen LogP contribution in [0.5, 0.6) is 0 Å². The summed E-state index contributed by atoms with van der Waals surface area (Å²) in [6, 6.07) is 12.4. The van der Waals surface area contributed by atoms with E-state index in [1.165, 1.54) is 12.1 Å². The molecule has 1 aromatic carbocycles. The Kier molecular flexibility index (Phi) is 6.61. The van der Waals surface area contributed by atoms with Crippen molar-refractivity contribution in [2.75, 3.05) is 37.6 Å². The highest BCUT2D eigenvalue weighted by Gasteiger charge is 2.27. The number of thiophene rings is 1. The van der Waals surface area contributed by atoms with Gasteiger partial charge in [0.25, 0.3) is 0 Å². The molecule has 0 bridgehead atoms. The van der Waals surface area contributed by atoms with Crippen molar-refractivity contribution in [1.82, 2.24) is 10.2 Å². The number of anilines is 1. The summed E-state index contributed by atoms with van der Waals surface area (Å²) < 4.78 is 18.8. The van der Waals surface area contributed by atoms with Crippen LogP contribution in [0.25, 0.3) is 6.08 Å². The monoisotopic (exact) mass is 425 g/mol. The molecule has 1 aliphatic heterocycles. The molecule has 156 valence electrons. The zero-order valence-electron chi connectivity index (χ0n) is 16.5. The molecule has 1 atom stereocenters. The molecule has 1 fully saturated rings. The molecule has 1 saturated heterocycles. The van der Waals surface area contributed by atoms with E-state index >= 15 is 0 Å². The van der Waals surface area contributed by atoms with E-state index in [1.54, 1.807) is 23.7 Å². The van der Waals surface area contributed by atoms with Crippen molar-refractivity contribution < 1.29 is 13.6 Å².